The first-order valence-corrected chi connectivity index (χ1v) is 2.19. The average Bonchev–Trinajstić information content (AvgIpc) is 1.65. The van der Waals surface area contributed by atoms with Crippen LogP contribution in [0.25, 0.3) is 0 Å². The van der Waals surface area contributed by atoms with Gasteiger partial charge in [0.2, 0.25) is 0 Å². The summed E-state index contributed by atoms with van der Waals surface area (Å²) in [7, 11) is 1.71. The van der Waals surface area contributed by atoms with Gasteiger partial charge in [-0.1, -0.05) is 6.04 Å². The molecule has 1 atom stereocenters. The number of carbonyl (C=O) groups excluding carboxylic acids is 1. The molecule has 0 aromatic heterocycles. The summed E-state index contributed by atoms with van der Waals surface area (Å²) < 4.78 is 0. The van der Waals surface area contributed by atoms with Crippen molar-refractivity contribution in [1.82, 2.24) is 5.32 Å². The first-order chi connectivity index (χ1) is 3.18. The van der Waals surface area contributed by atoms with Gasteiger partial charge in [-0.3, -0.25) is 0 Å². The van der Waals surface area contributed by atoms with Crippen LogP contribution in [0.4, 0.5) is 0 Å². The molecular formula is C5H10NOY-. The quantitative estimate of drug-likeness (QED) is 0.619. The van der Waals surface area contributed by atoms with Crippen LogP contribution < -0.4 is 5.32 Å². The number of hydrogen-bond acceptors (Lipinski definition) is 2. The summed E-state index contributed by atoms with van der Waals surface area (Å²) in [6, 6.07) is -0.236. The van der Waals surface area contributed by atoms with E-state index < -0.39 is 0 Å². The molecule has 8 heavy (non-hydrogen) atoms. The Labute approximate surface area is 75.3 Å². The van der Waals surface area contributed by atoms with E-state index in [4.69, 9.17) is 0 Å². The molecule has 0 aliphatic rings. The van der Waals surface area contributed by atoms with E-state index >= 15 is 0 Å². The molecule has 2 nitrogen and oxygen atoms in total. The number of likely N-dealkylation sites (N-methyl/N-ethyl adjacent to an activating group) is 1. The van der Waals surface area contributed by atoms with Crippen molar-refractivity contribution in [3.63, 3.8) is 0 Å². The van der Waals surface area contributed by atoms with Crippen molar-refractivity contribution >= 4 is 5.78 Å². The Morgan fingerprint density at radius 1 is 1.75 bits per heavy atom. The number of ketones is 1. The first-order valence-electron chi connectivity index (χ1n) is 2.19. The minimum absolute atomic E-state index is 0. The van der Waals surface area contributed by atoms with Crippen molar-refractivity contribution in [2.24, 2.45) is 0 Å². The van der Waals surface area contributed by atoms with Gasteiger partial charge < -0.3 is 17.0 Å². The molecule has 0 saturated heterocycles. The van der Waals surface area contributed by atoms with E-state index in [1.54, 1.807) is 7.05 Å². The minimum Gasteiger partial charge on any atom is -0.339 e. The molecule has 0 heterocycles. The number of carbonyl (C=O) groups is 1. The number of nitrogens with one attached hydrogen (secondary N) is 1. The van der Waals surface area contributed by atoms with Gasteiger partial charge in [-0.05, 0) is 14.0 Å². The summed E-state index contributed by atoms with van der Waals surface area (Å²) in [4.78, 5) is 10.2. The Bertz CT molecular complexity index is 74.8. The van der Waals surface area contributed by atoms with Gasteiger partial charge in [0.05, 0.1) is 0 Å². The van der Waals surface area contributed by atoms with Crippen molar-refractivity contribution in [2.45, 2.75) is 13.0 Å². The Kier molecular flexibility index (Phi) is 8.44. The Morgan fingerprint density at radius 2 is 2.12 bits per heavy atom. The third-order valence-electron chi connectivity index (χ3n) is 0.839. The number of Topliss-reactive ketones (excluding diaryl/α,β-unsaturated/α-hetero) is 1. The fourth-order valence-electron chi connectivity index (χ4n) is 0.203. The second kappa shape index (κ2) is 5.86. The van der Waals surface area contributed by atoms with Crippen LogP contribution in [0.1, 0.15) is 6.92 Å². The standard InChI is InChI=1S/C5H10NO.Y/c1-4(6-3)5(2)7;/h4,6H,1H2,2-3H3;/q-1;/t4-;/m0./s1. The zero-order valence-electron chi connectivity index (χ0n) is 5.27. The SMILES string of the molecule is [CH2-][C@H](NC)C(C)=O.[Y]. The normalized spacial score (nSPS) is 11.9. The number of hydrogen-bond donors (Lipinski definition) is 1. The number of rotatable bonds is 2. The van der Waals surface area contributed by atoms with Crippen LogP contribution in [0.3, 0.4) is 0 Å². The summed E-state index contributed by atoms with van der Waals surface area (Å²) in [5, 5.41) is 2.70. The largest absolute Gasteiger partial charge is 0.339 e. The smallest absolute Gasteiger partial charge is 0.116 e. The fraction of sp³-hybridized carbons (Fsp3) is 0.600. The van der Waals surface area contributed by atoms with E-state index in [0.717, 1.165) is 0 Å². The zero-order chi connectivity index (χ0) is 5.86. The third kappa shape index (κ3) is 4.88. The molecule has 0 bridgehead atoms. The summed E-state index contributed by atoms with van der Waals surface area (Å²) in [6.07, 6.45) is 0. The molecule has 0 amide bonds. The minimum atomic E-state index is -0.236. The first kappa shape index (κ1) is 11.5. The molecule has 0 unspecified atom stereocenters. The van der Waals surface area contributed by atoms with E-state index in [9.17, 15) is 4.79 Å². The van der Waals surface area contributed by atoms with Crippen LogP contribution in [0.15, 0.2) is 0 Å². The van der Waals surface area contributed by atoms with E-state index in [1.165, 1.54) is 6.92 Å². The molecular weight excluding hydrogens is 179 g/mol. The molecule has 0 aliphatic heterocycles. The second-order valence-corrected chi connectivity index (χ2v) is 1.45. The molecule has 1 radical (unpaired) electrons. The van der Waals surface area contributed by atoms with Gasteiger partial charge in [0, 0.05) is 32.7 Å². The Morgan fingerprint density at radius 3 is 2.12 bits per heavy atom. The van der Waals surface area contributed by atoms with E-state index in [-0.39, 0.29) is 44.5 Å². The van der Waals surface area contributed by atoms with Crippen LogP contribution in [0.5, 0.6) is 0 Å². The van der Waals surface area contributed by atoms with Crippen molar-refractivity contribution in [3.05, 3.63) is 6.92 Å². The van der Waals surface area contributed by atoms with Crippen molar-refractivity contribution in [3.8, 4) is 0 Å². The molecule has 45 valence electrons. The van der Waals surface area contributed by atoms with Crippen molar-refractivity contribution in [1.29, 1.82) is 0 Å². The van der Waals surface area contributed by atoms with Gasteiger partial charge in [-0.25, -0.2) is 0 Å². The van der Waals surface area contributed by atoms with Crippen LogP contribution in [-0.2, 0) is 37.5 Å². The molecule has 3 heteroatoms. The summed E-state index contributed by atoms with van der Waals surface area (Å²) >= 11 is 0. The van der Waals surface area contributed by atoms with Gasteiger partial charge in [-0.15, -0.1) is 0 Å². The van der Waals surface area contributed by atoms with E-state index in [2.05, 4.69) is 12.2 Å². The Hall–Kier alpha value is 0.734. The van der Waals surface area contributed by atoms with Gasteiger partial charge in [0.15, 0.2) is 0 Å². The maximum atomic E-state index is 10.2. The van der Waals surface area contributed by atoms with E-state index in [1.807, 2.05) is 0 Å². The summed E-state index contributed by atoms with van der Waals surface area (Å²) in [6.45, 7) is 5.00. The van der Waals surface area contributed by atoms with Crippen molar-refractivity contribution in [2.75, 3.05) is 7.05 Å². The van der Waals surface area contributed by atoms with Gasteiger partial charge in [-0.2, -0.15) is 0 Å². The maximum absolute atomic E-state index is 10.2. The molecule has 0 rings (SSSR count). The summed E-state index contributed by atoms with van der Waals surface area (Å²) in [5.41, 5.74) is 0. The maximum Gasteiger partial charge on any atom is 0.116 e. The monoisotopic (exact) mass is 189 g/mol. The zero-order valence-corrected chi connectivity index (χ0v) is 8.11. The topological polar surface area (TPSA) is 29.1 Å². The van der Waals surface area contributed by atoms with Crippen LogP contribution in [-0.4, -0.2) is 18.9 Å². The molecule has 0 saturated carbocycles. The fourth-order valence-corrected chi connectivity index (χ4v) is 0.203. The second-order valence-electron chi connectivity index (χ2n) is 1.45. The Balaban J connectivity index is 0. The summed E-state index contributed by atoms with van der Waals surface area (Å²) in [5.74, 6) is 0.0718. The average molecular weight is 189 g/mol. The van der Waals surface area contributed by atoms with Crippen LogP contribution in [0, 0.1) is 6.92 Å². The molecule has 0 aromatic rings. The van der Waals surface area contributed by atoms with Gasteiger partial charge >= 0.3 is 0 Å². The van der Waals surface area contributed by atoms with E-state index in [0.29, 0.717) is 0 Å². The predicted molar refractivity (Wildman–Crippen MR) is 28.9 cm³/mol. The molecule has 0 aromatic carbocycles. The molecule has 0 spiro atoms. The van der Waals surface area contributed by atoms with Gasteiger partial charge in [0.25, 0.3) is 0 Å². The molecule has 0 aliphatic carbocycles. The molecule has 1 N–H and O–H groups in total. The van der Waals surface area contributed by atoms with Crippen LogP contribution >= 0.6 is 0 Å². The van der Waals surface area contributed by atoms with Gasteiger partial charge in [0.1, 0.15) is 5.78 Å². The third-order valence-corrected chi connectivity index (χ3v) is 0.839. The van der Waals surface area contributed by atoms with Crippen molar-refractivity contribution < 1.29 is 37.5 Å². The predicted octanol–water partition coefficient (Wildman–Crippen LogP) is -0.00501. The van der Waals surface area contributed by atoms with Crippen LogP contribution in [0.2, 0.25) is 0 Å². The molecule has 0 fully saturated rings.